The number of likely N-dealkylation sites (tertiary alicyclic amines) is 1. The molecule has 3 heterocycles. The number of carbonyl (C=O) groups is 2. The zero-order valence-electron chi connectivity index (χ0n) is 25.1. The highest BCUT2D eigenvalue weighted by Crippen LogP contribution is 2.48. The molecule has 2 aromatic carbocycles. The second-order valence-corrected chi connectivity index (χ2v) is 13.3. The number of hydrogen-bond donors (Lipinski definition) is 2. The number of H-pyrrole nitrogens is 1. The molecule has 2 amide bonds. The van der Waals surface area contributed by atoms with Gasteiger partial charge in [-0.3, -0.25) is 4.79 Å². The Hall–Kier alpha value is -3.11. The lowest BCUT2D eigenvalue weighted by Gasteiger charge is -2.33. The number of rotatable bonds is 5. The molecule has 10 heteroatoms. The van der Waals surface area contributed by atoms with E-state index < -0.39 is 30.5 Å². The van der Waals surface area contributed by atoms with Crippen LogP contribution in [0.5, 0.6) is 0 Å². The number of ether oxygens (including phenoxy) is 1. The van der Waals surface area contributed by atoms with E-state index in [-0.39, 0.29) is 23.9 Å². The minimum Gasteiger partial charge on any atom is -0.453 e. The molecule has 1 saturated carbocycles. The molecule has 0 bridgehead atoms. The lowest BCUT2D eigenvalue weighted by molar-refractivity contribution is -0.137. The maximum atomic E-state index is 14.0. The zero-order valence-corrected chi connectivity index (χ0v) is 25.1. The first-order valence-corrected chi connectivity index (χ1v) is 14.8. The summed E-state index contributed by atoms with van der Waals surface area (Å²) in [6.07, 6.45) is 3.46. The molecule has 3 fully saturated rings. The molecule has 4 atom stereocenters. The van der Waals surface area contributed by atoms with Gasteiger partial charge in [0, 0.05) is 11.4 Å². The predicted molar refractivity (Wildman–Crippen MR) is 159 cm³/mol. The number of hydrogen-bond acceptors (Lipinski definition) is 6. The summed E-state index contributed by atoms with van der Waals surface area (Å²) in [5, 5.41) is 4.87. The van der Waals surface area contributed by atoms with Gasteiger partial charge in [-0.05, 0) is 75.7 Å². The van der Waals surface area contributed by atoms with E-state index in [2.05, 4.69) is 68.3 Å². The van der Waals surface area contributed by atoms with Crippen LogP contribution in [-0.4, -0.2) is 64.4 Å². The SMILES string of the molecule is COC(=O)N[C@H](C(=O)N1[C@H](c2nc3c(ccc4cc(B5OC(C)(C)C(C)(C)O5)ccc43)[nH]2)C[C@@H]2CCC[C@@H]21)C(C)C. The maximum Gasteiger partial charge on any atom is 0.494 e. The molecule has 9 nitrogen and oxygen atoms in total. The monoisotopic (exact) mass is 560 g/mol. The number of nitrogens with one attached hydrogen (secondary N) is 2. The lowest BCUT2D eigenvalue weighted by Crippen LogP contribution is -2.53. The van der Waals surface area contributed by atoms with Crippen molar-refractivity contribution < 1.29 is 23.6 Å². The van der Waals surface area contributed by atoms with E-state index in [0.29, 0.717) is 5.92 Å². The van der Waals surface area contributed by atoms with Gasteiger partial charge in [-0.15, -0.1) is 0 Å². The molecule has 2 N–H and O–H groups in total. The first-order valence-electron chi connectivity index (χ1n) is 14.8. The number of nitrogens with zero attached hydrogens (tertiary/aromatic N) is 2. The average molecular weight is 561 g/mol. The van der Waals surface area contributed by atoms with E-state index in [9.17, 15) is 9.59 Å². The van der Waals surface area contributed by atoms with E-state index in [1.165, 1.54) is 7.11 Å². The Morgan fingerprint density at radius 2 is 1.85 bits per heavy atom. The van der Waals surface area contributed by atoms with Crippen molar-refractivity contribution in [1.82, 2.24) is 20.2 Å². The average Bonchev–Trinajstić information content (AvgIpc) is 3.67. The molecule has 2 aliphatic heterocycles. The molecule has 0 spiro atoms. The molecule has 3 aromatic rings. The van der Waals surface area contributed by atoms with Crippen LogP contribution in [0, 0.1) is 11.8 Å². The summed E-state index contributed by atoms with van der Waals surface area (Å²) >= 11 is 0. The topological polar surface area (TPSA) is 106 Å². The second kappa shape index (κ2) is 10.0. The molecule has 1 aliphatic carbocycles. The van der Waals surface area contributed by atoms with Gasteiger partial charge in [-0.1, -0.05) is 44.5 Å². The van der Waals surface area contributed by atoms with E-state index in [4.69, 9.17) is 19.0 Å². The number of amides is 2. The third kappa shape index (κ3) is 4.69. The van der Waals surface area contributed by atoms with Crippen molar-refractivity contribution in [2.75, 3.05) is 7.11 Å². The van der Waals surface area contributed by atoms with E-state index in [0.717, 1.165) is 58.8 Å². The van der Waals surface area contributed by atoms with E-state index in [1.54, 1.807) is 0 Å². The van der Waals surface area contributed by atoms with Gasteiger partial charge in [0.25, 0.3) is 0 Å². The minimum atomic E-state index is -0.664. The van der Waals surface area contributed by atoms with Crippen LogP contribution in [-0.2, 0) is 18.8 Å². The quantitative estimate of drug-likeness (QED) is 0.433. The molecule has 6 rings (SSSR count). The van der Waals surface area contributed by atoms with Gasteiger partial charge in [0.1, 0.15) is 11.9 Å². The molecule has 41 heavy (non-hydrogen) atoms. The Labute approximate surface area is 241 Å². The summed E-state index contributed by atoms with van der Waals surface area (Å²) in [4.78, 5) is 36.8. The van der Waals surface area contributed by atoms with Gasteiger partial charge in [-0.2, -0.15) is 0 Å². The van der Waals surface area contributed by atoms with Crippen LogP contribution in [0.2, 0.25) is 0 Å². The summed E-state index contributed by atoms with van der Waals surface area (Å²) in [5.41, 5.74) is 1.99. The Morgan fingerprint density at radius 3 is 2.54 bits per heavy atom. The molecule has 3 aliphatic rings. The normalized spacial score (nSPS) is 25.7. The smallest absolute Gasteiger partial charge is 0.453 e. The Morgan fingerprint density at radius 1 is 1.12 bits per heavy atom. The van der Waals surface area contributed by atoms with Crippen molar-refractivity contribution in [3.8, 4) is 0 Å². The van der Waals surface area contributed by atoms with Crippen LogP contribution in [0.4, 0.5) is 4.79 Å². The summed E-state index contributed by atoms with van der Waals surface area (Å²) in [6.45, 7) is 12.1. The van der Waals surface area contributed by atoms with Gasteiger partial charge in [0.2, 0.25) is 5.91 Å². The number of methoxy groups -OCH3 is 1. The largest absolute Gasteiger partial charge is 0.494 e. The summed E-state index contributed by atoms with van der Waals surface area (Å²) in [5.74, 6) is 1.08. The fourth-order valence-electron chi connectivity index (χ4n) is 6.83. The lowest BCUT2D eigenvalue weighted by atomic mass is 9.78. The molecule has 1 aromatic heterocycles. The fraction of sp³-hybridized carbons (Fsp3) is 0.581. The first-order chi connectivity index (χ1) is 19.4. The Bertz CT molecular complexity index is 1480. The van der Waals surface area contributed by atoms with Crippen LogP contribution in [0.25, 0.3) is 21.8 Å². The van der Waals surface area contributed by atoms with Crippen LogP contribution in [0.15, 0.2) is 30.3 Å². The molecule has 2 saturated heterocycles. The number of aromatic amines is 1. The van der Waals surface area contributed by atoms with Gasteiger partial charge in [-0.25, -0.2) is 9.78 Å². The predicted octanol–water partition coefficient (Wildman–Crippen LogP) is 4.84. The number of alkyl carbamates (subject to hydrolysis) is 1. The van der Waals surface area contributed by atoms with Crippen molar-refractivity contribution in [1.29, 1.82) is 0 Å². The molecule has 0 unspecified atom stereocenters. The molecular weight excluding hydrogens is 519 g/mol. The maximum absolute atomic E-state index is 14.0. The summed E-state index contributed by atoms with van der Waals surface area (Å²) in [6, 6.07) is 9.72. The molecular formula is C31H41BN4O5. The number of carbonyl (C=O) groups excluding carboxylic acids is 2. The zero-order chi connectivity index (χ0) is 29.3. The number of benzene rings is 2. The van der Waals surface area contributed by atoms with Crippen molar-refractivity contribution in [3.63, 3.8) is 0 Å². The fourth-order valence-corrected chi connectivity index (χ4v) is 6.83. The van der Waals surface area contributed by atoms with E-state index >= 15 is 0 Å². The van der Waals surface area contributed by atoms with Gasteiger partial charge in [0.05, 0.1) is 35.4 Å². The highest BCUT2D eigenvalue weighted by Gasteiger charge is 2.52. The standard InChI is InChI=1S/C31H41BN4O5/c1-17(2)25(35-29(38)39-7)28(37)36-23-10-8-9-19(23)16-24(36)27-33-22-14-11-18-15-20(12-13-21(18)26(22)34-27)32-40-30(3,4)31(5,6)41-32/h11-15,17,19,23-25H,8-10,16H2,1-7H3,(H,33,34)(H,35,38)/t19-,23-,24-,25-/m0/s1. The molecule has 218 valence electrons. The van der Waals surface area contributed by atoms with Crippen LogP contribution in [0.3, 0.4) is 0 Å². The highest BCUT2D eigenvalue weighted by atomic mass is 16.7. The van der Waals surface area contributed by atoms with Crippen molar-refractivity contribution in [2.45, 2.75) is 96.6 Å². The molecule has 0 radical (unpaired) electrons. The van der Waals surface area contributed by atoms with Crippen molar-refractivity contribution in [2.24, 2.45) is 11.8 Å². The van der Waals surface area contributed by atoms with Gasteiger partial charge in [0.15, 0.2) is 0 Å². The summed E-state index contributed by atoms with van der Waals surface area (Å²) in [7, 11) is 0.889. The van der Waals surface area contributed by atoms with Crippen LogP contribution < -0.4 is 10.8 Å². The number of fused-ring (bicyclic) bond motifs is 4. The third-order valence-corrected chi connectivity index (χ3v) is 9.84. The van der Waals surface area contributed by atoms with Gasteiger partial charge >= 0.3 is 13.2 Å². The van der Waals surface area contributed by atoms with Crippen molar-refractivity contribution >= 4 is 46.4 Å². The number of imidazole rings is 1. The van der Waals surface area contributed by atoms with Crippen LogP contribution >= 0.6 is 0 Å². The van der Waals surface area contributed by atoms with E-state index in [1.807, 2.05) is 18.7 Å². The third-order valence-electron chi connectivity index (χ3n) is 9.84. The highest BCUT2D eigenvalue weighted by molar-refractivity contribution is 6.62. The number of aromatic nitrogens is 2. The van der Waals surface area contributed by atoms with Crippen molar-refractivity contribution in [3.05, 3.63) is 36.2 Å². The minimum absolute atomic E-state index is 0.0674. The van der Waals surface area contributed by atoms with Gasteiger partial charge < -0.3 is 29.2 Å². The Kier molecular flexibility index (Phi) is 6.85. The second-order valence-electron chi connectivity index (χ2n) is 13.3. The Balaban J connectivity index is 1.34. The van der Waals surface area contributed by atoms with Crippen LogP contribution in [0.1, 0.15) is 79.1 Å². The summed E-state index contributed by atoms with van der Waals surface area (Å²) < 4.78 is 17.4. The first kappa shape index (κ1) is 28.0.